The lowest BCUT2D eigenvalue weighted by Gasteiger charge is -2.28. The molecule has 0 saturated carbocycles. The summed E-state index contributed by atoms with van der Waals surface area (Å²) in [4.78, 5) is 2.62. The monoisotopic (exact) mass is 254 g/mol. The molecule has 0 aliphatic carbocycles. The SMILES string of the molecule is CCCN(Cc1ccccc1)C1CCNC1.Cl. The van der Waals surface area contributed by atoms with E-state index in [0.29, 0.717) is 0 Å². The zero-order valence-electron chi connectivity index (χ0n) is 10.6. The number of rotatable bonds is 5. The molecule has 1 saturated heterocycles. The number of hydrogen-bond donors (Lipinski definition) is 1. The van der Waals surface area contributed by atoms with E-state index in [1.165, 1.54) is 31.5 Å². The van der Waals surface area contributed by atoms with Gasteiger partial charge in [0.25, 0.3) is 0 Å². The Morgan fingerprint density at radius 3 is 2.65 bits per heavy atom. The van der Waals surface area contributed by atoms with Gasteiger partial charge < -0.3 is 5.32 Å². The second kappa shape index (κ2) is 7.70. The number of nitrogens with one attached hydrogen (secondary N) is 1. The van der Waals surface area contributed by atoms with Crippen molar-refractivity contribution in [1.82, 2.24) is 10.2 Å². The highest BCUT2D eigenvalue weighted by molar-refractivity contribution is 5.85. The van der Waals surface area contributed by atoms with Crippen molar-refractivity contribution in [2.24, 2.45) is 0 Å². The summed E-state index contributed by atoms with van der Waals surface area (Å²) in [5.41, 5.74) is 1.43. The Morgan fingerprint density at radius 2 is 2.06 bits per heavy atom. The van der Waals surface area contributed by atoms with Crippen LogP contribution >= 0.6 is 12.4 Å². The molecule has 1 N–H and O–H groups in total. The van der Waals surface area contributed by atoms with Crippen molar-refractivity contribution in [3.05, 3.63) is 35.9 Å². The zero-order chi connectivity index (χ0) is 11.2. The Hall–Kier alpha value is -0.570. The van der Waals surface area contributed by atoms with Crippen LogP contribution in [0.25, 0.3) is 0 Å². The minimum Gasteiger partial charge on any atom is -0.315 e. The van der Waals surface area contributed by atoms with Crippen LogP contribution in [-0.4, -0.2) is 30.6 Å². The predicted octanol–water partition coefficient (Wildman–Crippen LogP) is 2.68. The Morgan fingerprint density at radius 1 is 1.29 bits per heavy atom. The molecule has 2 nitrogen and oxygen atoms in total. The van der Waals surface area contributed by atoms with Crippen molar-refractivity contribution in [2.45, 2.75) is 32.4 Å². The molecule has 1 aromatic carbocycles. The van der Waals surface area contributed by atoms with Crippen LogP contribution in [-0.2, 0) is 6.54 Å². The van der Waals surface area contributed by atoms with Crippen molar-refractivity contribution in [2.75, 3.05) is 19.6 Å². The third-order valence-corrected chi connectivity index (χ3v) is 3.29. The molecular formula is C14H23ClN2. The minimum atomic E-state index is 0. The van der Waals surface area contributed by atoms with Crippen LogP contribution in [0.4, 0.5) is 0 Å². The third-order valence-electron chi connectivity index (χ3n) is 3.29. The molecule has 0 amide bonds. The first-order valence-corrected chi connectivity index (χ1v) is 6.39. The Labute approximate surface area is 111 Å². The minimum absolute atomic E-state index is 0. The molecule has 0 aromatic heterocycles. The van der Waals surface area contributed by atoms with Gasteiger partial charge in [-0.3, -0.25) is 4.90 Å². The number of hydrogen-bond acceptors (Lipinski definition) is 2. The van der Waals surface area contributed by atoms with Gasteiger partial charge in [-0.05, 0) is 31.5 Å². The van der Waals surface area contributed by atoms with Crippen molar-refractivity contribution < 1.29 is 0 Å². The van der Waals surface area contributed by atoms with Gasteiger partial charge in [0.15, 0.2) is 0 Å². The van der Waals surface area contributed by atoms with Gasteiger partial charge in [-0.2, -0.15) is 0 Å². The van der Waals surface area contributed by atoms with Gasteiger partial charge in [0, 0.05) is 19.1 Å². The molecule has 1 aliphatic rings. The van der Waals surface area contributed by atoms with E-state index in [1.807, 2.05) is 0 Å². The average molecular weight is 255 g/mol. The molecular weight excluding hydrogens is 232 g/mol. The van der Waals surface area contributed by atoms with E-state index in [9.17, 15) is 0 Å². The maximum Gasteiger partial charge on any atom is 0.0237 e. The standard InChI is InChI=1S/C14H22N2.ClH/c1-2-10-16(14-8-9-15-11-14)12-13-6-4-3-5-7-13;/h3-7,14-15H,2,8-12H2,1H3;1H. The summed E-state index contributed by atoms with van der Waals surface area (Å²) in [6, 6.07) is 11.5. The van der Waals surface area contributed by atoms with Gasteiger partial charge >= 0.3 is 0 Å². The Bertz CT molecular complexity index is 296. The van der Waals surface area contributed by atoms with Crippen LogP contribution in [0.1, 0.15) is 25.3 Å². The van der Waals surface area contributed by atoms with E-state index >= 15 is 0 Å². The summed E-state index contributed by atoms with van der Waals surface area (Å²) in [6.45, 7) is 6.91. The fourth-order valence-electron chi connectivity index (χ4n) is 2.45. The van der Waals surface area contributed by atoms with E-state index in [2.05, 4.69) is 47.5 Å². The fraction of sp³-hybridized carbons (Fsp3) is 0.571. The highest BCUT2D eigenvalue weighted by atomic mass is 35.5. The van der Waals surface area contributed by atoms with Crippen molar-refractivity contribution in [3.63, 3.8) is 0 Å². The highest BCUT2D eigenvalue weighted by Gasteiger charge is 2.21. The first-order valence-electron chi connectivity index (χ1n) is 6.39. The van der Waals surface area contributed by atoms with Gasteiger partial charge in [-0.25, -0.2) is 0 Å². The van der Waals surface area contributed by atoms with Gasteiger partial charge in [0.05, 0.1) is 0 Å². The molecule has 1 fully saturated rings. The molecule has 1 atom stereocenters. The van der Waals surface area contributed by atoms with E-state index in [0.717, 1.165) is 19.1 Å². The van der Waals surface area contributed by atoms with E-state index in [1.54, 1.807) is 0 Å². The number of halogens is 1. The molecule has 1 aromatic rings. The van der Waals surface area contributed by atoms with Gasteiger partial charge in [0.1, 0.15) is 0 Å². The van der Waals surface area contributed by atoms with Crippen molar-refractivity contribution in [1.29, 1.82) is 0 Å². The van der Waals surface area contributed by atoms with Gasteiger partial charge in [-0.1, -0.05) is 37.3 Å². The summed E-state index contributed by atoms with van der Waals surface area (Å²) >= 11 is 0. The van der Waals surface area contributed by atoms with Crippen LogP contribution in [0.5, 0.6) is 0 Å². The molecule has 1 aliphatic heterocycles. The number of benzene rings is 1. The lowest BCUT2D eigenvalue weighted by atomic mass is 10.1. The second-order valence-electron chi connectivity index (χ2n) is 4.60. The lowest BCUT2D eigenvalue weighted by molar-refractivity contribution is 0.199. The van der Waals surface area contributed by atoms with Crippen molar-refractivity contribution >= 4 is 12.4 Å². The molecule has 1 unspecified atom stereocenters. The van der Waals surface area contributed by atoms with Gasteiger partial charge in [0.2, 0.25) is 0 Å². The van der Waals surface area contributed by atoms with Crippen LogP contribution in [0.3, 0.4) is 0 Å². The summed E-state index contributed by atoms with van der Waals surface area (Å²) in [7, 11) is 0. The van der Waals surface area contributed by atoms with E-state index in [4.69, 9.17) is 0 Å². The van der Waals surface area contributed by atoms with Gasteiger partial charge in [-0.15, -0.1) is 12.4 Å². The van der Waals surface area contributed by atoms with Crippen molar-refractivity contribution in [3.8, 4) is 0 Å². The first-order chi connectivity index (χ1) is 7.90. The largest absolute Gasteiger partial charge is 0.315 e. The number of nitrogens with zero attached hydrogens (tertiary/aromatic N) is 1. The molecule has 3 heteroatoms. The third kappa shape index (κ3) is 4.30. The highest BCUT2D eigenvalue weighted by Crippen LogP contribution is 2.13. The van der Waals surface area contributed by atoms with E-state index in [-0.39, 0.29) is 12.4 Å². The molecule has 0 radical (unpaired) electrons. The molecule has 1 heterocycles. The topological polar surface area (TPSA) is 15.3 Å². The average Bonchev–Trinajstić information content (AvgIpc) is 2.83. The normalized spacial score (nSPS) is 19.3. The summed E-state index contributed by atoms with van der Waals surface area (Å²) < 4.78 is 0. The van der Waals surface area contributed by atoms with E-state index < -0.39 is 0 Å². The smallest absolute Gasteiger partial charge is 0.0237 e. The molecule has 0 bridgehead atoms. The molecule has 0 spiro atoms. The van der Waals surface area contributed by atoms with Crippen LogP contribution < -0.4 is 5.32 Å². The van der Waals surface area contributed by atoms with Crippen LogP contribution in [0.2, 0.25) is 0 Å². The fourth-order valence-corrected chi connectivity index (χ4v) is 2.45. The maximum absolute atomic E-state index is 3.46. The van der Waals surface area contributed by atoms with Crippen LogP contribution in [0, 0.1) is 0 Å². The second-order valence-corrected chi connectivity index (χ2v) is 4.60. The predicted molar refractivity (Wildman–Crippen MR) is 75.7 cm³/mol. The molecule has 96 valence electrons. The first kappa shape index (κ1) is 14.5. The Balaban J connectivity index is 0.00000144. The summed E-state index contributed by atoms with van der Waals surface area (Å²) in [6.07, 6.45) is 2.54. The molecule has 2 rings (SSSR count). The molecule has 17 heavy (non-hydrogen) atoms. The summed E-state index contributed by atoms with van der Waals surface area (Å²) in [5.74, 6) is 0. The lowest BCUT2D eigenvalue weighted by Crippen LogP contribution is -2.36. The summed E-state index contributed by atoms with van der Waals surface area (Å²) in [5, 5.41) is 3.46. The van der Waals surface area contributed by atoms with Crippen LogP contribution in [0.15, 0.2) is 30.3 Å². The quantitative estimate of drug-likeness (QED) is 0.869. The maximum atomic E-state index is 3.46. The zero-order valence-corrected chi connectivity index (χ0v) is 11.4. The Kier molecular flexibility index (Phi) is 6.56.